The topological polar surface area (TPSA) is 29.5 Å². The molecule has 0 fully saturated rings. The number of hydrogen-bond donors (Lipinski definition) is 0. The minimum Gasteiger partial charge on any atom is -0.497 e. The van der Waals surface area contributed by atoms with Crippen LogP contribution in [0, 0.1) is 5.82 Å². The van der Waals surface area contributed by atoms with E-state index in [4.69, 9.17) is 4.74 Å². The van der Waals surface area contributed by atoms with E-state index in [0.717, 1.165) is 17.7 Å². The Bertz CT molecular complexity index is 685. The number of methoxy groups -OCH3 is 1. The molecule has 0 aliphatic carbocycles. The lowest BCUT2D eigenvalue weighted by molar-refractivity contribution is -0.132. The lowest BCUT2D eigenvalue weighted by Crippen LogP contribution is -2.39. The summed E-state index contributed by atoms with van der Waals surface area (Å²) in [5.74, 6) is 0.674. The van der Waals surface area contributed by atoms with E-state index in [1.807, 2.05) is 42.2 Å². The largest absolute Gasteiger partial charge is 0.497 e. The Kier molecular flexibility index (Phi) is 6.99. The van der Waals surface area contributed by atoms with Crippen LogP contribution in [0.5, 0.6) is 5.75 Å². The highest BCUT2D eigenvalue weighted by Gasteiger charge is 2.18. The summed E-state index contributed by atoms with van der Waals surface area (Å²) in [6.45, 7) is 4.72. The summed E-state index contributed by atoms with van der Waals surface area (Å²) in [5, 5.41) is 0. The Morgan fingerprint density at radius 2 is 1.88 bits per heavy atom. The number of halogens is 1. The summed E-state index contributed by atoms with van der Waals surface area (Å²) in [6.07, 6.45) is 1.75. The summed E-state index contributed by atoms with van der Waals surface area (Å²) < 4.78 is 18.4. The molecule has 4 heteroatoms. The van der Waals surface area contributed by atoms with E-state index in [-0.39, 0.29) is 17.8 Å². The fourth-order valence-electron chi connectivity index (χ4n) is 3.03. The highest BCUT2D eigenvalue weighted by Crippen LogP contribution is 2.16. The molecule has 1 unspecified atom stereocenters. The van der Waals surface area contributed by atoms with Gasteiger partial charge in [-0.15, -0.1) is 0 Å². The van der Waals surface area contributed by atoms with Crippen LogP contribution in [-0.2, 0) is 17.6 Å². The number of rotatable bonds is 8. The summed E-state index contributed by atoms with van der Waals surface area (Å²) in [6, 6.07) is 14.5. The molecule has 1 atom stereocenters. The first kappa shape index (κ1) is 19.0. The molecule has 0 aliphatic heterocycles. The van der Waals surface area contributed by atoms with Crippen molar-refractivity contribution in [2.45, 2.75) is 39.2 Å². The monoisotopic (exact) mass is 343 g/mol. The van der Waals surface area contributed by atoms with Crippen molar-refractivity contribution >= 4 is 5.91 Å². The third-order valence-electron chi connectivity index (χ3n) is 4.40. The highest BCUT2D eigenvalue weighted by molar-refractivity contribution is 5.76. The van der Waals surface area contributed by atoms with Crippen LogP contribution < -0.4 is 4.74 Å². The fourth-order valence-corrected chi connectivity index (χ4v) is 3.03. The average molecular weight is 343 g/mol. The SMILES string of the molecule is CCN(C(=O)CCc1cccc(F)c1)C(C)Cc1ccc(OC)cc1. The number of ether oxygens (including phenoxy) is 1. The molecule has 0 aliphatic rings. The molecule has 3 nitrogen and oxygen atoms in total. The van der Waals surface area contributed by atoms with Gasteiger partial charge in [0.15, 0.2) is 0 Å². The molecule has 0 N–H and O–H groups in total. The van der Waals surface area contributed by atoms with Crippen molar-refractivity contribution in [1.82, 2.24) is 4.90 Å². The van der Waals surface area contributed by atoms with Crippen molar-refractivity contribution in [2.24, 2.45) is 0 Å². The van der Waals surface area contributed by atoms with Crippen LogP contribution in [0.25, 0.3) is 0 Å². The summed E-state index contributed by atoms with van der Waals surface area (Å²) in [4.78, 5) is 14.5. The fraction of sp³-hybridized carbons (Fsp3) is 0.381. The zero-order valence-electron chi connectivity index (χ0n) is 15.2. The maximum absolute atomic E-state index is 13.2. The summed E-state index contributed by atoms with van der Waals surface area (Å²) >= 11 is 0. The van der Waals surface area contributed by atoms with Gasteiger partial charge in [0.05, 0.1) is 7.11 Å². The quantitative estimate of drug-likeness (QED) is 0.717. The van der Waals surface area contributed by atoms with Crippen LogP contribution in [0.2, 0.25) is 0 Å². The zero-order valence-corrected chi connectivity index (χ0v) is 15.2. The number of amides is 1. The lowest BCUT2D eigenvalue weighted by atomic mass is 10.0. The van der Waals surface area contributed by atoms with E-state index in [1.165, 1.54) is 17.7 Å². The average Bonchev–Trinajstić information content (AvgIpc) is 2.61. The second kappa shape index (κ2) is 9.21. The van der Waals surface area contributed by atoms with Crippen LogP contribution in [0.15, 0.2) is 48.5 Å². The molecule has 0 bridgehead atoms. The predicted octanol–water partition coefficient (Wildman–Crippen LogP) is 4.25. The first-order chi connectivity index (χ1) is 12.0. The molecule has 1 amide bonds. The number of carbonyl (C=O) groups excluding carboxylic acids is 1. The maximum Gasteiger partial charge on any atom is 0.223 e. The number of aryl methyl sites for hydroxylation is 1. The van der Waals surface area contributed by atoms with Crippen molar-refractivity contribution in [3.8, 4) is 5.75 Å². The van der Waals surface area contributed by atoms with Gasteiger partial charge in [-0.25, -0.2) is 4.39 Å². The molecule has 0 spiro atoms. The van der Waals surface area contributed by atoms with Gasteiger partial charge in [0, 0.05) is 19.0 Å². The minimum absolute atomic E-state index is 0.104. The molecule has 0 heterocycles. The molecule has 2 rings (SSSR count). The second-order valence-corrected chi connectivity index (χ2v) is 6.21. The number of carbonyl (C=O) groups is 1. The van der Waals surface area contributed by atoms with Gasteiger partial charge in [-0.05, 0) is 62.1 Å². The van der Waals surface area contributed by atoms with Gasteiger partial charge in [0.25, 0.3) is 0 Å². The smallest absolute Gasteiger partial charge is 0.223 e. The molecule has 0 aromatic heterocycles. The van der Waals surface area contributed by atoms with Gasteiger partial charge < -0.3 is 9.64 Å². The molecule has 0 saturated heterocycles. The van der Waals surface area contributed by atoms with Gasteiger partial charge in [-0.3, -0.25) is 4.79 Å². The molecule has 134 valence electrons. The van der Waals surface area contributed by atoms with Gasteiger partial charge in [0.2, 0.25) is 5.91 Å². The molecule has 2 aromatic carbocycles. The third kappa shape index (κ3) is 5.59. The van der Waals surface area contributed by atoms with Crippen molar-refractivity contribution in [3.05, 3.63) is 65.5 Å². The van der Waals surface area contributed by atoms with E-state index in [0.29, 0.717) is 19.4 Å². The van der Waals surface area contributed by atoms with Crippen molar-refractivity contribution < 1.29 is 13.9 Å². The van der Waals surface area contributed by atoms with Crippen LogP contribution in [0.4, 0.5) is 4.39 Å². The number of hydrogen-bond acceptors (Lipinski definition) is 2. The summed E-state index contributed by atoms with van der Waals surface area (Å²) in [5.41, 5.74) is 2.02. The second-order valence-electron chi connectivity index (χ2n) is 6.21. The van der Waals surface area contributed by atoms with Gasteiger partial charge in [-0.2, -0.15) is 0 Å². The van der Waals surface area contributed by atoms with E-state index in [9.17, 15) is 9.18 Å². The van der Waals surface area contributed by atoms with Crippen LogP contribution in [0.3, 0.4) is 0 Å². The van der Waals surface area contributed by atoms with Crippen LogP contribution >= 0.6 is 0 Å². The Hall–Kier alpha value is -2.36. The Labute approximate surface area is 149 Å². The zero-order chi connectivity index (χ0) is 18.2. The molecule has 2 aromatic rings. The van der Waals surface area contributed by atoms with Crippen LogP contribution in [0.1, 0.15) is 31.4 Å². The van der Waals surface area contributed by atoms with Crippen molar-refractivity contribution in [3.63, 3.8) is 0 Å². The van der Waals surface area contributed by atoms with E-state index >= 15 is 0 Å². The maximum atomic E-state index is 13.2. The predicted molar refractivity (Wildman–Crippen MR) is 98.3 cm³/mol. The molecular formula is C21H26FNO2. The van der Waals surface area contributed by atoms with E-state index in [2.05, 4.69) is 6.92 Å². The first-order valence-electron chi connectivity index (χ1n) is 8.70. The number of benzene rings is 2. The van der Waals surface area contributed by atoms with Gasteiger partial charge in [0.1, 0.15) is 11.6 Å². The molecule has 25 heavy (non-hydrogen) atoms. The van der Waals surface area contributed by atoms with Gasteiger partial charge in [-0.1, -0.05) is 24.3 Å². The third-order valence-corrected chi connectivity index (χ3v) is 4.40. The van der Waals surface area contributed by atoms with Gasteiger partial charge >= 0.3 is 0 Å². The van der Waals surface area contributed by atoms with Crippen LogP contribution in [-0.4, -0.2) is 30.5 Å². The first-order valence-corrected chi connectivity index (χ1v) is 8.70. The Balaban J connectivity index is 1.93. The Morgan fingerprint density at radius 1 is 1.16 bits per heavy atom. The lowest BCUT2D eigenvalue weighted by Gasteiger charge is -2.28. The number of likely N-dealkylation sites (N-methyl/N-ethyl adjacent to an activating group) is 1. The molecular weight excluding hydrogens is 317 g/mol. The minimum atomic E-state index is -0.259. The number of nitrogens with zero attached hydrogens (tertiary/aromatic N) is 1. The molecule has 0 saturated carbocycles. The van der Waals surface area contributed by atoms with Crippen molar-refractivity contribution in [1.29, 1.82) is 0 Å². The van der Waals surface area contributed by atoms with E-state index in [1.54, 1.807) is 13.2 Å². The summed E-state index contributed by atoms with van der Waals surface area (Å²) in [7, 11) is 1.65. The Morgan fingerprint density at radius 3 is 2.48 bits per heavy atom. The normalized spacial score (nSPS) is 11.8. The highest BCUT2D eigenvalue weighted by atomic mass is 19.1. The standard InChI is InChI=1S/C21H26FNO2/c1-4-23(16(2)14-18-8-11-20(25-3)12-9-18)21(24)13-10-17-6-5-7-19(22)15-17/h5-9,11-12,15-16H,4,10,13-14H2,1-3H3. The van der Waals surface area contributed by atoms with Crippen molar-refractivity contribution in [2.75, 3.05) is 13.7 Å². The molecule has 0 radical (unpaired) electrons. The van der Waals surface area contributed by atoms with E-state index < -0.39 is 0 Å².